The van der Waals surface area contributed by atoms with Crippen molar-refractivity contribution in [3.05, 3.63) is 21.8 Å². The molecule has 1 aromatic heterocycles. The van der Waals surface area contributed by atoms with Crippen molar-refractivity contribution >= 4 is 39.3 Å². The first kappa shape index (κ1) is 9.72. The number of fused-ring (bicyclic) bond motifs is 1. The number of aliphatic hydroxyl groups is 1. The first-order valence-corrected chi connectivity index (χ1v) is 5.33. The van der Waals surface area contributed by atoms with Crippen LogP contribution in [-0.4, -0.2) is 21.5 Å². The van der Waals surface area contributed by atoms with Crippen LogP contribution < -0.4 is 5.73 Å². The van der Waals surface area contributed by atoms with Crippen LogP contribution in [0.4, 0.5) is 5.82 Å². The topological polar surface area (TPSA) is 64.1 Å². The zero-order valence-electron chi connectivity index (χ0n) is 7.44. The molecule has 0 fully saturated rings. The maximum Gasteiger partial charge on any atom is 0.154 e. The quantitative estimate of drug-likeness (QED) is 0.820. The number of anilines is 1. The molecule has 0 unspecified atom stereocenters. The zero-order valence-corrected chi connectivity index (χ0v) is 9.60. The average molecular weight is 303 g/mol. The molecule has 0 aliphatic heterocycles. The number of hydrogen-bond acceptors (Lipinski definition) is 3. The number of hydrogen-bond donors (Lipinski definition) is 2. The lowest BCUT2D eigenvalue weighted by molar-refractivity contribution is 0.272. The van der Waals surface area contributed by atoms with Crippen LogP contribution in [0, 0.1) is 3.57 Å². The van der Waals surface area contributed by atoms with E-state index in [9.17, 15) is 0 Å². The molecule has 1 heterocycles. The molecule has 1 aromatic carbocycles. The van der Waals surface area contributed by atoms with Crippen molar-refractivity contribution in [1.29, 1.82) is 0 Å². The molecule has 4 nitrogen and oxygen atoms in total. The lowest BCUT2D eigenvalue weighted by atomic mass is 10.2. The fourth-order valence-corrected chi connectivity index (χ4v) is 2.24. The van der Waals surface area contributed by atoms with Gasteiger partial charge in [0.2, 0.25) is 0 Å². The highest BCUT2D eigenvalue weighted by atomic mass is 127. The Labute approximate surface area is 94.8 Å². The summed E-state index contributed by atoms with van der Waals surface area (Å²) in [5, 5.41) is 14.0. The molecule has 0 saturated carbocycles. The van der Waals surface area contributed by atoms with Crippen molar-refractivity contribution in [1.82, 2.24) is 9.78 Å². The van der Waals surface area contributed by atoms with Crippen LogP contribution in [0.15, 0.2) is 18.2 Å². The normalized spacial score (nSPS) is 11.0. The van der Waals surface area contributed by atoms with Gasteiger partial charge in [0.15, 0.2) is 5.82 Å². The Balaban J connectivity index is 2.71. The number of nitrogens with two attached hydrogens (primary N) is 1. The Morgan fingerprint density at radius 3 is 3.00 bits per heavy atom. The van der Waals surface area contributed by atoms with E-state index in [1.807, 2.05) is 18.2 Å². The second-order valence-corrected chi connectivity index (χ2v) is 4.13. The van der Waals surface area contributed by atoms with Gasteiger partial charge in [0, 0.05) is 3.57 Å². The van der Waals surface area contributed by atoms with E-state index < -0.39 is 0 Å². The fraction of sp³-hybridized carbons (Fsp3) is 0.222. The lowest BCUT2D eigenvalue weighted by Gasteiger charge is -1.99. The summed E-state index contributed by atoms with van der Waals surface area (Å²) in [5.74, 6) is 0.526. The molecular weight excluding hydrogens is 293 g/mol. The predicted octanol–water partition coefficient (Wildman–Crippen LogP) is 1.22. The van der Waals surface area contributed by atoms with Crippen LogP contribution in [0.3, 0.4) is 0 Å². The van der Waals surface area contributed by atoms with Crippen molar-refractivity contribution in [3.8, 4) is 0 Å². The molecule has 2 aromatic rings. The Morgan fingerprint density at radius 1 is 1.50 bits per heavy atom. The summed E-state index contributed by atoms with van der Waals surface area (Å²) < 4.78 is 2.81. The molecule has 0 spiro atoms. The molecule has 0 saturated heterocycles. The average Bonchev–Trinajstić information content (AvgIpc) is 2.46. The van der Waals surface area contributed by atoms with Gasteiger partial charge in [-0.05, 0) is 34.7 Å². The molecule has 0 aliphatic carbocycles. The largest absolute Gasteiger partial charge is 0.394 e. The lowest BCUT2D eigenvalue weighted by Crippen LogP contribution is -2.03. The van der Waals surface area contributed by atoms with Crippen LogP contribution in [0.2, 0.25) is 0 Å². The number of nitrogen functional groups attached to an aromatic ring is 1. The van der Waals surface area contributed by atoms with E-state index in [-0.39, 0.29) is 6.61 Å². The molecule has 3 N–H and O–H groups in total. The van der Waals surface area contributed by atoms with E-state index in [2.05, 4.69) is 27.7 Å². The summed E-state index contributed by atoms with van der Waals surface area (Å²) in [4.78, 5) is 0. The number of halogens is 1. The Hall–Kier alpha value is -0.820. The molecule has 0 radical (unpaired) electrons. The molecule has 14 heavy (non-hydrogen) atoms. The second kappa shape index (κ2) is 3.74. The van der Waals surface area contributed by atoms with Crippen LogP contribution in [-0.2, 0) is 6.54 Å². The van der Waals surface area contributed by atoms with E-state index in [1.165, 1.54) is 0 Å². The minimum Gasteiger partial charge on any atom is -0.394 e. The zero-order chi connectivity index (χ0) is 10.1. The van der Waals surface area contributed by atoms with Gasteiger partial charge in [-0.1, -0.05) is 6.07 Å². The molecular formula is C9H10IN3O. The Morgan fingerprint density at radius 2 is 2.29 bits per heavy atom. The summed E-state index contributed by atoms with van der Waals surface area (Å²) in [7, 11) is 0. The highest BCUT2D eigenvalue weighted by Gasteiger charge is 2.09. The van der Waals surface area contributed by atoms with E-state index in [0.29, 0.717) is 12.4 Å². The van der Waals surface area contributed by atoms with Crippen LogP contribution in [0.5, 0.6) is 0 Å². The third-order valence-electron chi connectivity index (χ3n) is 2.07. The SMILES string of the molecule is Nc1nn(CCO)c2cccc(I)c12. The van der Waals surface area contributed by atoms with Crippen molar-refractivity contribution in [2.24, 2.45) is 0 Å². The summed E-state index contributed by atoms with van der Waals surface area (Å²) in [6.07, 6.45) is 0. The molecule has 0 atom stereocenters. The van der Waals surface area contributed by atoms with Gasteiger partial charge >= 0.3 is 0 Å². The number of benzene rings is 1. The predicted molar refractivity (Wildman–Crippen MR) is 63.9 cm³/mol. The van der Waals surface area contributed by atoms with E-state index in [0.717, 1.165) is 14.5 Å². The summed E-state index contributed by atoms with van der Waals surface area (Å²) in [6.45, 7) is 0.551. The van der Waals surface area contributed by atoms with Gasteiger partial charge in [-0.3, -0.25) is 4.68 Å². The van der Waals surface area contributed by atoms with E-state index in [1.54, 1.807) is 4.68 Å². The van der Waals surface area contributed by atoms with Gasteiger partial charge in [0.25, 0.3) is 0 Å². The maximum atomic E-state index is 8.85. The van der Waals surface area contributed by atoms with Crippen LogP contribution >= 0.6 is 22.6 Å². The third-order valence-corrected chi connectivity index (χ3v) is 2.97. The van der Waals surface area contributed by atoms with Crippen molar-refractivity contribution in [2.75, 3.05) is 12.3 Å². The molecule has 5 heteroatoms. The minimum absolute atomic E-state index is 0.0711. The second-order valence-electron chi connectivity index (χ2n) is 2.97. The standard InChI is InChI=1S/C9H10IN3O/c10-6-2-1-3-7-8(6)9(11)12-13(7)4-5-14/h1-3,14H,4-5H2,(H2,11,12). The molecule has 0 aliphatic rings. The van der Waals surface area contributed by atoms with Crippen molar-refractivity contribution in [2.45, 2.75) is 6.54 Å². The van der Waals surface area contributed by atoms with Crippen LogP contribution in [0.1, 0.15) is 0 Å². The number of nitrogens with zero attached hydrogens (tertiary/aromatic N) is 2. The molecule has 0 bridgehead atoms. The fourth-order valence-electron chi connectivity index (χ4n) is 1.48. The molecule has 2 rings (SSSR count). The Kier molecular flexibility index (Phi) is 2.60. The number of aliphatic hydroxyl groups excluding tert-OH is 1. The van der Waals surface area contributed by atoms with E-state index in [4.69, 9.17) is 10.8 Å². The first-order chi connectivity index (χ1) is 6.74. The van der Waals surface area contributed by atoms with Gasteiger partial charge < -0.3 is 10.8 Å². The highest BCUT2D eigenvalue weighted by Crippen LogP contribution is 2.25. The van der Waals surface area contributed by atoms with Gasteiger partial charge in [-0.2, -0.15) is 5.10 Å². The van der Waals surface area contributed by atoms with Crippen LogP contribution in [0.25, 0.3) is 10.9 Å². The summed E-state index contributed by atoms with van der Waals surface area (Å²) in [5.41, 5.74) is 6.77. The summed E-state index contributed by atoms with van der Waals surface area (Å²) >= 11 is 2.23. The van der Waals surface area contributed by atoms with Gasteiger partial charge in [0.05, 0.1) is 24.1 Å². The van der Waals surface area contributed by atoms with Crippen molar-refractivity contribution in [3.63, 3.8) is 0 Å². The maximum absolute atomic E-state index is 8.85. The number of aromatic nitrogens is 2. The van der Waals surface area contributed by atoms with Gasteiger partial charge in [0.1, 0.15) is 0 Å². The first-order valence-electron chi connectivity index (χ1n) is 4.25. The highest BCUT2D eigenvalue weighted by molar-refractivity contribution is 14.1. The summed E-state index contributed by atoms with van der Waals surface area (Å²) in [6, 6.07) is 5.90. The van der Waals surface area contributed by atoms with Gasteiger partial charge in [-0.15, -0.1) is 0 Å². The Bertz CT molecular complexity index is 466. The third kappa shape index (κ3) is 1.46. The smallest absolute Gasteiger partial charge is 0.154 e. The number of rotatable bonds is 2. The minimum atomic E-state index is 0.0711. The van der Waals surface area contributed by atoms with Gasteiger partial charge in [-0.25, -0.2) is 0 Å². The molecule has 74 valence electrons. The van der Waals surface area contributed by atoms with Crippen molar-refractivity contribution < 1.29 is 5.11 Å². The monoisotopic (exact) mass is 303 g/mol. The van der Waals surface area contributed by atoms with E-state index >= 15 is 0 Å². The molecule has 0 amide bonds.